The molecule has 1 N–H and O–H groups in total. The molecule has 0 bridgehead atoms. The molecular formula is C26H23NO6. The van der Waals surface area contributed by atoms with E-state index in [1.807, 2.05) is 18.2 Å². The van der Waals surface area contributed by atoms with Gasteiger partial charge in [-0.1, -0.05) is 60.7 Å². The first-order valence-electron chi connectivity index (χ1n) is 10.1. The third kappa shape index (κ3) is 6.07. The monoisotopic (exact) mass is 445 g/mol. The number of methoxy groups -OCH3 is 2. The minimum absolute atomic E-state index is 0.195. The largest absolute Gasteiger partial charge is 0.496 e. The number of imide groups is 1. The van der Waals surface area contributed by atoms with Crippen LogP contribution in [0.5, 0.6) is 11.5 Å². The van der Waals surface area contributed by atoms with Gasteiger partial charge in [0.25, 0.3) is 11.8 Å². The van der Waals surface area contributed by atoms with Gasteiger partial charge in [0.2, 0.25) is 0 Å². The number of nitrogens with one attached hydrogen (secondary N) is 1. The lowest BCUT2D eigenvalue weighted by molar-refractivity contribution is -0.142. The van der Waals surface area contributed by atoms with Crippen LogP contribution < -0.4 is 14.8 Å². The summed E-state index contributed by atoms with van der Waals surface area (Å²) in [5, 5.41) is 2.20. The highest BCUT2D eigenvalue weighted by Crippen LogP contribution is 2.25. The summed E-state index contributed by atoms with van der Waals surface area (Å²) in [6.07, 6.45) is 1.63. The Morgan fingerprint density at radius 2 is 1.39 bits per heavy atom. The molecule has 0 fully saturated rings. The number of para-hydroxylation sites is 2. The van der Waals surface area contributed by atoms with Crippen LogP contribution in [0, 0.1) is 0 Å². The van der Waals surface area contributed by atoms with E-state index in [0.717, 1.165) is 0 Å². The van der Waals surface area contributed by atoms with Crippen molar-refractivity contribution in [2.24, 2.45) is 0 Å². The van der Waals surface area contributed by atoms with Crippen LogP contribution in [0.1, 0.15) is 21.5 Å². The minimum Gasteiger partial charge on any atom is -0.496 e. The molecule has 0 spiro atoms. The van der Waals surface area contributed by atoms with Gasteiger partial charge in [-0.05, 0) is 29.8 Å². The average molecular weight is 445 g/mol. The van der Waals surface area contributed by atoms with Crippen LogP contribution in [0.4, 0.5) is 0 Å². The van der Waals surface area contributed by atoms with Gasteiger partial charge in [-0.25, -0.2) is 4.79 Å². The third-order valence-electron chi connectivity index (χ3n) is 4.68. The van der Waals surface area contributed by atoms with Crippen molar-refractivity contribution >= 4 is 29.4 Å². The molecule has 33 heavy (non-hydrogen) atoms. The number of rotatable bonds is 8. The van der Waals surface area contributed by atoms with Crippen molar-refractivity contribution in [3.8, 4) is 11.5 Å². The van der Waals surface area contributed by atoms with Gasteiger partial charge < -0.3 is 14.2 Å². The Morgan fingerprint density at radius 3 is 2.09 bits per heavy atom. The molecular weight excluding hydrogens is 422 g/mol. The van der Waals surface area contributed by atoms with E-state index in [4.69, 9.17) is 14.2 Å². The van der Waals surface area contributed by atoms with Gasteiger partial charge in [-0.15, -0.1) is 0 Å². The van der Waals surface area contributed by atoms with E-state index in [-0.39, 0.29) is 11.1 Å². The number of ether oxygens (including phenoxy) is 3. The first kappa shape index (κ1) is 23.3. The molecule has 3 aromatic rings. The number of carbonyl (C=O) groups is 3. The van der Waals surface area contributed by atoms with Gasteiger partial charge in [0.05, 0.1) is 25.4 Å². The highest BCUT2D eigenvalue weighted by Gasteiger charge is 2.19. The van der Waals surface area contributed by atoms with E-state index in [1.165, 1.54) is 20.3 Å². The normalized spacial score (nSPS) is 10.8. The topological polar surface area (TPSA) is 90.9 Å². The molecule has 7 heteroatoms. The molecule has 7 nitrogen and oxygen atoms in total. The number of benzene rings is 3. The lowest BCUT2D eigenvalue weighted by Crippen LogP contribution is -2.34. The summed E-state index contributed by atoms with van der Waals surface area (Å²) in [5.41, 5.74) is 1.72. The predicted molar refractivity (Wildman–Crippen MR) is 124 cm³/mol. The first-order valence-corrected chi connectivity index (χ1v) is 10.1. The van der Waals surface area contributed by atoms with Crippen LogP contribution in [0.15, 0.2) is 78.9 Å². The maximum Gasteiger partial charge on any atom is 0.339 e. The van der Waals surface area contributed by atoms with E-state index in [0.29, 0.717) is 22.6 Å². The van der Waals surface area contributed by atoms with E-state index in [9.17, 15) is 14.4 Å². The van der Waals surface area contributed by atoms with Gasteiger partial charge in [0, 0.05) is 5.56 Å². The number of esters is 1. The van der Waals surface area contributed by atoms with Gasteiger partial charge >= 0.3 is 5.97 Å². The number of carbonyl (C=O) groups excluding carboxylic acids is 3. The molecule has 2 amide bonds. The Kier molecular flexibility index (Phi) is 7.96. The van der Waals surface area contributed by atoms with Crippen molar-refractivity contribution in [2.75, 3.05) is 20.8 Å². The number of hydrogen-bond acceptors (Lipinski definition) is 6. The van der Waals surface area contributed by atoms with E-state index >= 15 is 0 Å². The minimum atomic E-state index is -0.760. The van der Waals surface area contributed by atoms with Crippen molar-refractivity contribution < 1.29 is 28.6 Å². The van der Waals surface area contributed by atoms with Gasteiger partial charge in [0.1, 0.15) is 11.5 Å². The lowest BCUT2D eigenvalue weighted by atomic mass is 10.0. The Bertz CT molecular complexity index is 1170. The predicted octanol–water partition coefficient (Wildman–Crippen LogP) is 3.74. The Labute approximate surface area is 191 Å². The van der Waals surface area contributed by atoms with Gasteiger partial charge in [0.15, 0.2) is 6.61 Å². The molecule has 0 unspecified atom stereocenters. The molecule has 0 aromatic heterocycles. The maximum absolute atomic E-state index is 12.9. The Hall–Kier alpha value is -4.39. The second kappa shape index (κ2) is 11.3. The molecule has 0 saturated heterocycles. The summed E-state index contributed by atoms with van der Waals surface area (Å²) >= 11 is 0. The third-order valence-corrected chi connectivity index (χ3v) is 4.68. The van der Waals surface area contributed by atoms with Crippen molar-refractivity contribution in [1.29, 1.82) is 0 Å². The summed E-state index contributed by atoms with van der Waals surface area (Å²) in [7, 11) is 2.96. The molecule has 0 heterocycles. The maximum atomic E-state index is 12.9. The van der Waals surface area contributed by atoms with Gasteiger partial charge in [-0.2, -0.15) is 0 Å². The smallest absolute Gasteiger partial charge is 0.339 e. The fraction of sp³-hybridized carbons (Fsp3) is 0.115. The summed E-state index contributed by atoms with van der Waals surface area (Å²) in [6.45, 7) is -0.629. The number of hydrogen-bond donors (Lipinski definition) is 1. The van der Waals surface area contributed by atoms with Crippen molar-refractivity contribution in [1.82, 2.24) is 5.32 Å². The zero-order valence-corrected chi connectivity index (χ0v) is 18.2. The molecule has 168 valence electrons. The van der Waals surface area contributed by atoms with E-state index in [2.05, 4.69) is 5.32 Å². The van der Waals surface area contributed by atoms with Crippen LogP contribution in [0.2, 0.25) is 0 Å². The highest BCUT2D eigenvalue weighted by atomic mass is 16.5. The molecule has 0 saturated carbocycles. The van der Waals surface area contributed by atoms with Crippen molar-refractivity contribution in [2.45, 2.75) is 0 Å². The highest BCUT2D eigenvalue weighted by molar-refractivity contribution is 6.22. The standard InChI is InChI=1S/C26H23NO6/c1-31-22-14-8-6-12-19(22)16-21(18-10-4-3-5-11-18)26(30)33-17-24(28)27-25(29)20-13-7-9-15-23(20)32-2/h3-16H,17H2,1-2H3,(H,27,28,29)/b21-16+. The van der Waals surface area contributed by atoms with Crippen LogP contribution in [-0.4, -0.2) is 38.6 Å². The van der Waals surface area contributed by atoms with Crippen LogP contribution in [0.25, 0.3) is 11.6 Å². The summed E-state index contributed by atoms with van der Waals surface area (Å²) in [4.78, 5) is 37.5. The van der Waals surface area contributed by atoms with Crippen LogP contribution in [0.3, 0.4) is 0 Å². The molecule has 0 aliphatic heterocycles. The fourth-order valence-corrected chi connectivity index (χ4v) is 3.09. The molecule has 0 radical (unpaired) electrons. The average Bonchev–Trinajstić information content (AvgIpc) is 2.86. The van der Waals surface area contributed by atoms with E-state index in [1.54, 1.807) is 60.7 Å². The lowest BCUT2D eigenvalue weighted by Gasteiger charge is -2.11. The Morgan fingerprint density at radius 1 is 0.788 bits per heavy atom. The molecule has 0 aliphatic carbocycles. The van der Waals surface area contributed by atoms with Crippen molar-refractivity contribution in [3.63, 3.8) is 0 Å². The van der Waals surface area contributed by atoms with Crippen molar-refractivity contribution in [3.05, 3.63) is 95.6 Å². The fourth-order valence-electron chi connectivity index (χ4n) is 3.09. The van der Waals surface area contributed by atoms with Crippen LogP contribution >= 0.6 is 0 Å². The summed E-state index contributed by atoms with van der Waals surface area (Å²) in [5.74, 6) is -1.22. The summed E-state index contributed by atoms with van der Waals surface area (Å²) < 4.78 is 15.7. The van der Waals surface area contributed by atoms with Crippen LogP contribution in [-0.2, 0) is 14.3 Å². The zero-order valence-electron chi connectivity index (χ0n) is 18.2. The Balaban J connectivity index is 1.74. The number of amides is 2. The SMILES string of the molecule is COc1ccccc1/C=C(/C(=O)OCC(=O)NC(=O)c1ccccc1OC)c1ccccc1. The molecule has 0 atom stereocenters. The second-order valence-corrected chi connectivity index (χ2v) is 6.82. The molecule has 3 aromatic carbocycles. The zero-order chi connectivity index (χ0) is 23.6. The molecule has 3 rings (SSSR count). The van der Waals surface area contributed by atoms with Gasteiger partial charge in [-0.3, -0.25) is 14.9 Å². The first-order chi connectivity index (χ1) is 16.0. The van der Waals surface area contributed by atoms with E-state index < -0.39 is 24.4 Å². The second-order valence-electron chi connectivity index (χ2n) is 6.82. The molecule has 0 aliphatic rings. The quantitative estimate of drug-likeness (QED) is 0.323. The summed E-state index contributed by atoms with van der Waals surface area (Å²) in [6, 6.07) is 22.6.